The van der Waals surface area contributed by atoms with Crippen molar-refractivity contribution in [3.05, 3.63) is 77.0 Å². The third-order valence-corrected chi connectivity index (χ3v) is 4.50. The summed E-state index contributed by atoms with van der Waals surface area (Å²) in [5.41, 5.74) is 2.53. The lowest BCUT2D eigenvalue weighted by Crippen LogP contribution is -1.98. The maximum Gasteiger partial charge on any atom is 0.162 e. The molecule has 0 spiro atoms. The van der Waals surface area contributed by atoms with Gasteiger partial charge in [0.2, 0.25) is 0 Å². The average Bonchev–Trinajstić information content (AvgIpc) is 3.03. The van der Waals surface area contributed by atoms with Gasteiger partial charge in [-0.05, 0) is 42.8 Å². The van der Waals surface area contributed by atoms with E-state index in [1.165, 1.54) is 12.1 Å². The zero-order valence-corrected chi connectivity index (χ0v) is 15.2. The van der Waals surface area contributed by atoms with Crippen molar-refractivity contribution in [1.82, 2.24) is 15.2 Å². The molecule has 2 heterocycles. The molecule has 2 N–H and O–H groups in total. The molecular weight excluding hydrogens is 367 g/mol. The minimum Gasteiger partial charge on any atom is -0.487 e. The summed E-state index contributed by atoms with van der Waals surface area (Å²) in [6.45, 7) is 2.22. The van der Waals surface area contributed by atoms with Gasteiger partial charge in [-0.3, -0.25) is 0 Å². The van der Waals surface area contributed by atoms with Crippen molar-refractivity contribution >= 4 is 33.9 Å². The molecule has 136 valence electrons. The maximum absolute atomic E-state index is 13.2. The number of nitrogens with one attached hydrogen (secondary N) is 2. The van der Waals surface area contributed by atoms with E-state index in [1.807, 2.05) is 19.2 Å². The zero-order chi connectivity index (χ0) is 18.8. The van der Waals surface area contributed by atoms with Gasteiger partial charge < -0.3 is 15.0 Å². The first kappa shape index (κ1) is 17.3. The van der Waals surface area contributed by atoms with Crippen molar-refractivity contribution < 1.29 is 9.13 Å². The summed E-state index contributed by atoms with van der Waals surface area (Å²) in [4.78, 5) is 3.17. The van der Waals surface area contributed by atoms with Crippen molar-refractivity contribution in [3.63, 3.8) is 0 Å². The fraction of sp³-hybridized carbons (Fsp3) is 0.100. The minimum atomic E-state index is -0.294. The molecule has 27 heavy (non-hydrogen) atoms. The largest absolute Gasteiger partial charge is 0.487 e. The maximum atomic E-state index is 13.2. The Labute approximate surface area is 160 Å². The van der Waals surface area contributed by atoms with Gasteiger partial charge in [0.1, 0.15) is 18.2 Å². The predicted octanol–water partition coefficient (Wildman–Crippen LogP) is 5.38. The van der Waals surface area contributed by atoms with Crippen LogP contribution in [0.25, 0.3) is 10.8 Å². The number of nitrogens with zero attached hydrogens (tertiary/aromatic N) is 2. The van der Waals surface area contributed by atoms with Gasteiger partial charge in [0.05, 0.1) is 11.2 Å². The van der Waals surface area contributed by atoms with Crippen molar-refractivity contribution in [2.24, 2.45) is 0 Å². The standard InChI is InChI=1S/C20H16ClFN4O/c1-12-16-10-24-26-20(17(16)9-23-12)25-15-5-6-19(18(21)8-15)27-11-13-3-2-4-14(22)7-13/h2-10,23H,11H2,1H3,(H,25,26). The van der Waals surface area contributed by atoms with Crippen LogP contribution in [-0.2, 0) is 6.61 Å². The number of aromatic nitrogens is 3. The molecule has 0 fully saturated rings. The van der Waals surface area contributed by atoms with E-state index in [0.29, 0.717) is 16.6 Å². The van der Waals surface area contributed by atoms with Crippen LogP contribution in [0.4, 0.5) is 15.9 Å². The molecule has 0 radical (unpaired) electrons. The van der Waals surface area contributed by atoms with Gasteiger partial charge in [0, 0.05) is 28.4 Å². The first-order valence-corrected chi connectivity index (χ1v) is 8.71. The van der Waals surface area contributed by atoms with Crippen LogP contribution < -0.4 is 10.1 Å². The highest BCUT2D eigenvalue weighted by atomic mass is 35.5. The smallest absolute Gasteiger partial charge is 0.162 e. The highest BCUT2D eigenvalue weighted by molar-refractivity contribution is 6.32. The van der Waals surface area contributed by atoms with Crippen molar-refractivity contribution in [2.75, 3.05) is 5.32 Å². The second-order valence-corrected chi connectivity index (χ2v) is 6.53. The lowest BCUT2D eigenvalue weighted by atomic mass is 10.2. The van der Waals surface area contributed by atoms with Gasteiger partial charge >= 0.3 is 0 Å². The molecule has 4 rings (SSSR count). The monoisotopic (exact) mass is 382 g/mol. The molecule has 2 aromatic carbocycles. The summed E-state index contributed by atoms with van der Waals surface area (Å²) in [5.74, 6) is 0.867. The number of hydrogen-bond acceptors (Lipinski definition) is 4. The van der Waals surface area contributed by atoms with Gasteiger partial charge in [-0.1, -0.05) is 23.7 Å². The van der Waals surface area contributed by atoms with Crippen LogP contribution in [0.3, 0.4) is 0 Å². The number of benzene rings is 2. The number of ether oxygens (including phenoxy) is 1. The van der Waals surface area contributed by atoms with Crippen LogP contribution >= 0.6 is 11.6 Å². The van der Waals surface area contributed by atoms with E-state index in [1.54, 1.807) is 30.5 Å². The SMILES string of the molecule is Cc1[nH]cc2c(Nc3ccc(OCc4cccc(F)c4)c(Cl)c3)nncc12. The number of aromatic amines is 1. The first-order chi connectivity index (χ1) is 13.1. The van der Waals surface area contributed by atoms with E-state index in [9.17, 15) is 4.39 Å². The van der Waals surface area contributed by atoms with Gasteiger partial charge in [-0.15, -0.1) is 5.10 Å². The number of H-pyrrole nitrogens is 1. The fourth-order valence-electron chi connectivity index (χ4n) is 2.81. The topological polar surface area (TPSA) is 62.8 Å². The quantitative estimate of drug-likeness (QED) is 0.486. The zero-order valence-electron chi connectivity index (χ0n) is 14.5. The summed E-state index contributed by atoms with van der Waals surface area (Å²) >= 11 is 6.33. The van der Waals surface area contributed by atoms with Crippen LogP contribution in [0, 0.1) is 12.7 Å². The van der Waals surface area contributed by atoms with Gasteiger partial charge in [0.15, 0.2) is 5.82 Å². The Kier molecular flexibility index (Phi) is 4.64. The Morgan fingerprint density at radius 1 is 1.19 bits per heavy atom. The van der Waals surface area contributed by atoms with Crippen LogP contribution in [0.1, 0.15) is 11.3 Å². The van der Waals surface area contributed by atoms with Crippen molar-refractivity contribution in [2.45, 2.75) is 13.5 Å². The Morgan fingerprint density at radius 3 is 2.89 bits per heavy atom. The van der Waals surface area contributed by atoms with Gasteiger partial charge in [0.25, 0.3) is 0 Å². The molecule has 0 saturated carbocycles. The third-order valence-electron chi connectivity index (χ3n) is 4.20. The summed E-state index contributed by atoms with van der Waals surface area (Å²) in [6, 6.07) is 11.6. The molecule has 5 nitrogen and oxygen atoms in total. The summed E-state index contributed by atoms with van der Waals surface area (Å²) in [5, 5.41) is 13.8. The number of halogens is 2. The molecule has 7 heteroatoms. The van der Waals surface area contributed by atoms with Crippen molar-refractivity contribution in [3.8, 4) is 5.75 Å². The molecule has 4 aromatic rings. The van der Waals surface area contributed by atoms with E-state index in [0.717, 1.165) is 27.7 Å². The van der Waals surface area contributed by atoms with E-state index < -0.39 is 0 Å². The second-order valence-electron chi connectivity index (χ2n) is 6.12. The van der Waals surface area contributed by atoms with Crippen LogP contribution in [0.2, 0.25) is 5.02 Å². The number of anilines is 2. The average molecular weight is 383 g/mol. The van der Waals surface area contributed by atoms with Crippen LogP contribution in [-0.4, -0.2) is 15.2 Å². The van der Waals surface area contributed by atoms with E-state index in [-0.39, 0.29) is 12.4 Å². The molecule has 2 aromatic heterocycles. The van der Waals surface area contributed by atoms with Crippen LogP contribution in [0.15, 0.2) is 54.9 Å². The fourth-order valence-corrected chi connectivity index (χ4v) is 3.05. The van der Waals surface area contributed by atoms with Gasteiger partial charge in [-0.25, -0.2) is 4.39 Å². The first-order valence-electron chi connectivity index (χ1n) is 8.33. The Hall–Kier alpha value is -3.12. The molecule has 0 aliphatic carbocycles. The van der Waals surface area contributed by atoms with E-state index in [4.69, 9.17) is 16.3 Å². The predicted molar refractivity (Wildman–Crippen MR) is 104 cm³/mol. The highest BCUT2D eigenvalue weighted by Crippen LogP contribution is 2.31. The lowest BCUT2D eigenvalue weighted by Gasteiger charge is -2.11. The molecule has 0 aliphatic rings. The number of rotatable bonds is 5. The summed E-state index contributed by atoms with van der Waals surface area (Å²) in [7, 11) is 0. The van der Waals surface area contributed by atoms with E-state index in [2.05, 4.69) is 20.5 Å². The summed E-state index contributed by atoms with van der Waals surface area (Å²) in [6.07, 6.45) is 3.61. The molecule has 0 aliphatic heterocycles. The molecule has 0 unspecified atom stereocenters. The highest BCUT2D eigenvalue weighted by Gasteiger charge is 2.09. The Balaban J connectivity index is 1.51. The van der Waals surface area contributed by atoms with Gasteiger partial charge in [-0.2, -0.15) is 5.10 Å². The third kappa shape index (κ3) is 3.71. The molecule has 0 bridgehead atoms. The number of hydrogen-bond donors (Lipinski definition) is 2. The molecule has 0 amide bonds. The number of fused-ring (bicyclic) bond motifs is 1. The normalized spacial score (nSPS) is 10.9. The number of aryl methyl sites for hydroxylation is 1. The Bertz CT molecular complexity index is 1110. The lowest BCUT2D eigenvalue weighted by molar-refractivity contribution is 0.306. The molecule has 0 saturated heterocycles. The van der Waals surface area contributed by atoms with Crippen molar-refractivity contribution in [1.29, 1.82) is 0 Å². The minimum absolute atomic E-state index is 0.234. The summed E-state index contributed by atoms with van der Waals surface area (Å²) < 4.78 is 18.9. The Morgan fingerprint density at radius 2 is 2.07 bits per heavy atom. The molecular formula is C20H16ClFN4O. The van der Waals surface area contributed by atoms with E-state index >= 15 is 0 Å². The van der Waals surface area contributed by atoms with Crippen LogP contribution in [0.5, 0.6) is 5.75 Å². The molecule has 0 atom stereocenters. The second kappa shape index (κ2) is 7.25.